The van der Waals surface area contributed by atoms with E-state index in [0.717, 1.165) is 72.1 Å². The van der Waals surface area contributed by atoms with Crippen LogP contribution < -0.4 is 10.2 Å². The van der Waals surface area contributed by atoms with Gasteiger partial charge in [0.2, 0.25) is 0 Å². The second-order valence-electron chi connectivity index (χ2n) is 9.27. The molecule has 0 saturated carbocycles. The van der Waals surface area contributed by atoms with Crippen LogP contribution >= 0.6 is 0 Å². The molecular weight excluding hydrogens is 414 g/mol. The molecule has 2 fully saturated rings. The summed E-state index contributed by atoms with van der Waals surface area (Å²) in [6, 6.07) is 10.2. The van der Waals surface area contributed by atoms with Gasteiger partial charge in [-0.2, -0.15) is 10.4 Å². The fourth-order valence-electron chi connectivity index (χ4n) is 4.94. The SMILES string of the molecule is Cc1c(C#N)cccc1[C@@H](C)Nc1nnc(C)c2cnc(N3CC4(COCCN4C)C3)cc12. The van der Waals surface area contributed by atoms with Gasteiger partial charge in [-0.1, -0.05) is 12.1 Å². The van der Waals surface area contributed by atoms with E-state index in [0.29, 0.717) is 5.56 Å². The van der Waals surface area contributed by atoms with E-state index in [1.54, 1.807) is 0 Å². The van der Waals surface area contributed by atoms with E-state index >= 15 is 0 Å². The Morgan fingerprint density at radius 2 is 2.03 bits per heavy atom. The molecule has 0 unspecified atom stereocenters. The Kier molecular flexibility index (Phi) is 5.39. The van der Waals surface area contributed by atoms with Crippen LogP contribution in [0.25, 0.3) is 10.8 Å². The van der Waals surface area contributed by atoms with Crippen molar-refractivity contribution in [2.75, 3.05) is 50.1 Å². The van der Waals surface area contributed by atoms with Crippen molar-refractivity contribution in [1.29, 1.82) is 5.26 Å². The number of benzene rings is 1. The van der Waals surface area contributed by atoms with Crippen LogP contribution in [0.1, 0.15) is 35.3 Å². The van der Waals surface area contributed by atoms with Crippen LogP contribution in [0.2, 0.25) is 0 Å². The first kappa shape index (κ1) is 21.6. The summed E-state index contributed by atoms with van der Waals surface area (Å²) in [6.45, 7) is 10.4. The summed E-state index contributed by atoms with van der Waals surface area (Å²) < 4.78 is 5.76. The first-order valence-corrected chi connectivity index (χ1v) is 11.3. The van der Waals surface area contributed by atoms with Gasteiger partial charge in [0.25, 0.3) is 0 Å². The van der Waals surface area contributed by atoms with Crippen LogP contribution in [0.4, 0.5) is 11.6 Å². The molecule has 8 nitrogen and oxygen atoms in total. The van der Waals surface area contributed by atoms with Crippen molar-refractivity contribution >= 4 is 22.4 Å². The second kappa shape index (κ2) is 8.25. The molecule has 0 amide bonds. The number of ether oxygens (including phenoxy) is 1. The number of fused-ring (bicyclic) bond motifs is 1. The van der Waals surface area contributed by atoms with E-state index in [1.807, 2.05) is 38.2 Å². The van der Waals surface area contributed by atoms with Crippen LogP contribution in [0, 0.1) is 25.2 Å². The summed E-state index contributed by atoms with van der Waals surface area (Å²) in [4.78, 5) is 9.46. The fraction of sp³-hybridized carbons (Fsp3) is 0.440. The van der Waals surface area contributed by atoms with Gasteiger partial charge in [-0.25, -0.2) is 4.98 Å². The zero-order chi connectivity index (χ0) is 23.2. The van der Waals surface area contributed by atoms with Crippen LogP contribution in [0.5, 0.6) is 0 Å². The number of anilines is 2. The largest absolute Gasteiger partial charge is 0.378 e. The van der Waals surface area contributed by atoms with Crippen molar-refractivity contribution in [2.24, 2.45) is 0 Å². The van der Waals surface area contributed by atoms with Crippen molar-refractivity contribution in [3.05, 3.63) is 52.8 Å². The van der Waals surface area contributed by atoms with Gasteiger partial charge < -0.3 is 15.0 Å². The summed E-state index contributed by atoms with van der Waals surface area (Å²) in [5.74, 6) is 1.67. The second-order valence-corrected chi connectivity index (χ2v) is 9.27. The monoisotopic (exact) mass is 443 g/mol. The molecule has 4 heterocycles. The minimum atomic E-state index is -0.0320. The maximum atomic E-state index is 9.39. The Bertz CT molecular complexity index is 1250. The smallest absolute Gasteiger partial charge is 0.157 e. The van der Waals surface area contributed by atoms with Crippen molar-refractivity contribution in [3.63, 3.8) is 0 Å². The maximum absolute atomic E-state index is 9.39. The fourth-order valence-corrected chi connectivity index (χ4v) is 4.94. The van der Waals surface area contributed by atoms with Gasteiger partial charge in [-0.05, 0) is 51.1 Å². The molecule has 1 spiro atoms. The number of hydrogen-bond acceptors (Lipinski definition) is 8. The van der Waals surface area contributed by atoms with Crippen molar-refractivity contribution in [2.45, 2.75) is 32.4 Å². The minimum Gasteiger partial charge on any atom is -0.378 e. The summed E-state index contributed by atoms with van der Waals surface area (Å²) in [6.07, 6.45) is 1.90. The highest BCUT2D eigenvalue weighted by atomic mass is 16.5. The Hall–Kier alpha value is -3.28. The third-order valence-electron chi connectivity index (χ3n) is 7.20. The third kappa shape index (κ3) is 3.67. The highest BCUT2D eigenvalue weighted by Crippen LogP contribution is 2.35. The van der Waals surface area contributed by atoms with Crippen molar-refractivity contribution in [3.8, 4) is 6.07 Å². The van der Waals surface area contributed by atoms with E-state index in [2.05, 4.69) is 51.4 Å². The summed E-state index contributed by atoms with van der Waals surface area (Å²) in [5, 5.41) is 23.7. The number of rotatable bonds is 4. The van der Waals surface area contributed by atoms with Gasteiger partial charge in [-0.3, -0.25) is 4.90 Å². The number of nitrogens with zero attached hydrogens (tertiary/aromatic N) is 6. The molecule has 5 rings (SSSR count). The molecule has 33 heavy (non-hydrogen) atoms. The molecule has 1 atom stereocenters. The van der Waals surface area contributed by atoms with E-state index in [1.165, 1.54) is 0 Å². The Balaban J connectivity index is 1.44. The van der Waals surface area contributed by atoms with Crippen LogP contribution in [0.15, 0.2) is 30.5 Å². The number of aromatic nitrogens is 3. The number of nitrogens with one attached hydrogen (secondary N) is 1. The standard InChI is InChI=1S/C25H29N7O/c1-16-19(11-26)6-5-7-20(16)17(2)28-24-21-10-23(27-12-22(21)18(3)29-30-24)32-13-25(14-32)15-33-9-8-31(25)4/h5-7,10,12,17H,8-9,13-15H2,1-4H3,(H,28,30)/t17-/m1/s1. The molecule has 0 radical (unpaired) electrons. The van der Waals surface area contributed by atoms with Crippen LogP contribution in [-0.4, -0.2) is 65.5 Å². The third-order valence-corrected chi connectivity index (χ3v) is 7.20. The maximum Gasteiger partial charge on any atom is 0.157 e. The van der Waals surface area contributed by atoms with Gasteiger partial charge in [0.1, 0.15) is 5.82 Å². The average Bonchev–Trinajstić information content (AvgIpc) is 2.80. The van der Waals surface area contributed by atoms with Gasteiger partial charge >= 0.3 is 0 Å². The van der Waals surface area contributed by atoms with Gasteiger partial charge in [0.05, 0.1) is 42.1 Å². The number of likely N-dealkylation sites (N-methyl/N-ethyl adjacent to an activating group) is 1. The van der Waals surface area contributed by atoms with E-state index < -0.39 is 0 Å². The lowest BCUT2D eigenvalue weighted by atomic mass is 9.88. The average molecular weight is 444 g/mol. The first-order chi connectivity index (χ1) is 15.9. The number of morpholine rings is 1. The Morgan fingerprint density at radius 1 is 1.21 bits per heavy atom. The zero-order valence-corrected chi connectivity index (χ0v) is 19.6. The summed E-state index contributed by atoms with van der Waals surface area (Å²) >= 11 is 0. The molecule has 2 saturated heterocycles. The van der Waals surface area contributed by atoms with Crippen LogP contribution in [0.3, 0.4) is 0 Å². The zero-order valence-electron chi connectivity index (χ0n) is 19.6. The van der Waals surface area contributed by atoms with E-state index in [-0.39, 0.29) is 11.6 Å². The number of aryl methyl sites for hydroxylation is 1. The topological polar surface area (TPSA) is 90.2 Å². The Labute approximate surface area is 194 Å². The first-order valence-electron chi connectivity index (χ1n) is 11.3. The number of pyridine rings is 1. The lowest BCUT2D eigenvalue weighted by Gasteiger charge is -2.56. The molecule has 3 aromatic rings. The van der Waals surface area contributed by atoms with Crippen molar-refractivity contribution < 1.29 is 4.74 Å². The van der Waals surface area contributed by atoms with Gasteiger partial charge in [0, 0.05) is 36.6 Å². The highest BCUT2D eigenvalue weighted by molar-refractivity contribution is 5.94. The molecule has 8 heteroatoms. The van der Waals surface area contributed by atoms with Crippen molar-refractivity contribution in [1.82, 2.24) is 20.1 Å². The molecule has 170 valence electrons. The highest BCUT2D eigenvalue weighted by Gasteiger charge is 2.48. The lowest BCUT2D eigenvalue weighted by Crippen LogP contribution is -2.73. The predicted octanol–water partition coefficient (Wildman–Crippen LogP) is 3.21. The Morgan fingerprint density at radius 3 is 2.79 bits per heavy atom. The summed E-state index contributed by atoms with van der Waals surface area (Å²) in [5.41, 5.74) is 3.68. The van der Waals surface area contributed by atoms with E-state index in [9.17, 15) is 5.26 Å². The molecule has 1 aromatic carbocycles. The molecule has 2 aliphatic rings. The number of nitriles is 1. The minimum absolute atomic E-state index is 0.0320. The molecule has 0 bridgehead atoms. The van der Waals surface area contributed by atoms with Gasteiger partial charge in [-0.15, -0.1) is 5.10 Å². The molecule has 2 aromatic heterocycles. The van der Waals surface area contributed by atoms with Crippen LogP contribution in [-0.2, 0) is 4.74 Å². The lowest BCUT2D eigenvalue weighted by molar-refractivity contribution is -0.0692. The van der Waals surface area contributed by atoms with Gasteiger partial charge in [0.15, 0.2) is 5.82 Å². The van der Waals surface area contributed by atoms with E-state index in [4.69, 9.17) is 9.72 Å². The molecule has 2 aliphatic heterocycles. The predicted molar refractivity (Wildman–Crippen MR) is 128 cm³/mol. The normalized spacial score (nSPS) is 18.7. The quantitative estimate of drug-likeness (QED) is 0.657. The number of hydrogen-bond donors (Lipinski definition) is 1. The summed E-state index contributed by atoms with van der Waals surface area (Å²) in [7, 11) is 2.18. The molecular formula is C25H29N7O. The molecule has 1 N–H and O–H groups in total. The molecule has 0 aliphatic carbocycles.